The average molecular weight is 499 g/mol. The molecule has 36 heavy (non-hydrogen) atoms. The Kier molecular flexibility index (Phi) is 7.11. The van der Waals surface area contributed by atoms with E-state index >= 15 is 0 Å². The third kappa shape index (κ3) is 5.57. The van der Waals surface area contributed by atoms with Crippen molar-refractivity contribution >= 4 is 35.1 Å². The van der Waals surface area contributed by atoms with E-state index in [1.165, 1.54) is 19.1 Å². The Labute approximate surface area is 205 Å². The molecule has 1 N–H and O–H groups in total. The van der Waals surface area contributed by atoms with Crippen molar-refractivity contribution in [3.05, 3.63) is 66.1 Å². The van der Waals surface area contributed by atoms with Gasteiger partial charge in [0, 0.05) is 54.5 Å². The third-order valence-electron chi connectivity index (χ3n) is 5.46. The molecule has 3 heterocycles. The predicted octanol–water partition coefficient (Wildman–Crippen LogP) is 4.71. The lowest BCUT2D eigenvalue weighted by atomic mass is 10.1. The first kappa shape index (κ1) is 25.0. The summed E-state index contributed by atoms with van der Waals surface area (Å²) in [6.45, 7) is -0.788. The van der Waals surface area contributed by atoms with Crippen LogP contribution in [0.5, 0.6) is 11.5 Å². The van der Waals surface area contributed by atoms with E-state index in [-0.39, 0.29) is 5.82 Å². The number of methoxy groups -OCH3 is 2. The largest absolute Gasteiger partial charge is 0.497 e. The van der Waals surface area contributed by atoms with Gasteiger partial charge in [0.1, 0.15) is 17.3 Å². The summed E-state index contributed by atoms with van der Waals surface area (Å²) >= 11 is 0. The van der Waals surface area contributed by atoms with Gasteiger partial charge in [-0.2, -0.15) is 18.3 Å². The fourth-order valence-corrected chi connectivity index (χ4v) is 3.56. The van der Waals surface area contributed by atoms with Gasteiger partial charge >= 0.3 is 6.18 Å². The van der Waals surface area contributed by atoms with Crippen LogP contribution in [0.2, 0.25) is 0 Å². The van der Waals surface area contributed by atoms with Crippen molar-refractivity contribution in [1.29, 1.82) is 0 Å². The zero-order valence-electron chi connectivity index (χ0n) is 19.8. The molecular weight excluding hydrogens is 475 g/mol. The number of pyridine rings is 1. The number of nitrogens with zero attached hydrogens (tertiary/aromatic N) is 5. The first-order chi connectivity index (χ1) is 17.2. The number of rotatable bonds is 7. The lowest BCUT2D eigenvalue weighted by Gasteiger charge is -2.28. The van der Waals surface area contributed by atoms with Crippen LogP contribution in [0.15, 0.2) is 59.9 Å². The topological polar surface area (TPSA) is 85.0 Å². The van der Waals surface area contributed by atoms with Gasteiger partial charge in [-0.25, -0.2) is 4.98 Å². The number of fused-ring (bicyclic) bond motifs is 1. The normalized spacial score (nSPS) is 13.9. The summed E-state index contributed by atoms with van der Waals surface area (Å²) in [5.41, 5.74) is 3.01. The Hall–Kier alpha value is -4.12. The molecule has 0 amide bonds. The lowest BCUT2D eigenvalue weighted by Crippen LogP contribution is -2.39. The van der Waals surface area contributed by atoms with Gasteiger partial charge in [0.2, 0.25) is 0 Å². The highest BCUT2D eigenvalue weighted by atomic mass is 19.4. The monoisotopic (exact) mass is 499 g/mol. The number of benzene rings is 1. The van der Waals surface area contributed by atoms with Crippen molar-refractivity contribution in [2.75, 3.05) is 25.7 Å². The number of ether oxygens (including phenoxy) is 2. The second-order valence-corrected chi connectivity index (χ2v) is 7.95. The summed E-state index contributed by atoms with van der Waals surface area (Å²) in [6.07, 6.45) is 3.18. The van der Waals surface area contributed by atoms with Gasteiger partial charge in [0.15, 0.2) is 6.10 Å². The molecule has 0 saturated carbocycles. The van der Waals surface area contributed by atoms with Gasteiger partial charge in [0.05, 0.1) is 38.3 Å². The Bertz CT molecular complexity index is 1310. The Morgan fingerprint density at radius 1 is 1.11 bits per heavy atom. The number of alkyl halides is 3. The highest BCUT2D eigenvalue weighted by Gasteiger charge is 2.40. The first-order valence-electron chi connectivity index (χ1n) is 10.9. The van der Waals surface area contributed by atoms with E-state index in [0.717, 1.165) is 11.1 Å². The number of aliphatic hydroxyl groups excluding tert-OH is 1. The van der Waals surface area contributed by atoms with E-state index in [1.807, 2.05) is 19.3 Å². The van der Waals surface area contributed by atoms with Gasteiger partial charge in [-0.05, 0) is 18.2 Å². The SMILES string of the molecule is COc1cc(OC)cc(N(CC(O)C(F)(F)F)c2ccc3c(n2)C=CC=C(c2cnn(C)c2)C=N3)c1. The number of anilines is 2. The summed E-state index contributed by atoms with van der Waals surface area (Å²) in [6, 6.07) is 7.89. The first-order valence-corrected chi connectivity index (χ1v) is 10.9. The van der Waals surface area contributed by atoms with E-state index in [9.17, 15) is 18.3 Å². The maximum atomic E-state index is 13.3. The molecule has 1 aliphatic rings. The van der Waals surface area contributed by atoms with Crippen LogP contribution in [0.1, 0.15) is 11.3 Å². The molecule has 1 aromatic carbocycles. The van der Waals surface area contributed by atoms with E-state index in [0.29, 0.717) is 28.6 Å². The molecule has 3 aromatic rings. The van der Waals surface area contributed by atoms with Crippen molar-refractivity contribution < 1.29 is 27.8 Å². The van der Waals surface area contributed by atoms with Crippen LogP contribution >= 0.6 is 0 Å². The second kappa shape index (κ2) is 10.2. The molecule has 8 nitrogen and oxygen atoms in total. The van der Waals surface area contributed by atoms with Crippen LogP contribution in [-0.2, 0) is 7.05 Å². The Morgan fingerprint density at radius 2 is 1.83 bits per heavy atom. The number of aliphatic imine (C=N–C) groups is 1. The quantitative estimate of drug-likeness (QED) is 0.507. The van der Waals surface area contributed by atoms with Gasteiger partial charge in [-0.3, -0.25) is 9.67 Å². The van der Waals surface area contributed by atoms with Crippen LogP contribution in [0, 0.1) is 0 Å². The Morgan fingerprint density at radius 3 is 2.44 bits per heavy atom. The van der Waals surface area contributed by atoms with Gasteiger partial charge in [-0.15, -0.1) is 0 Å². The number of aliphatic hydroxyl groups is 1. The van der Waals surface area contributed by atoms with Gasteiger partial charge in [0.25, 0.3) is 0 Å². The average Bonchev–Trinajstić information content (AvgIpc) is 3.27. The number of aryl methyl sites for hydroxylation is 1. The zero-order valence-corrected chi connectivity index (χ0v) is 19.8. The molecule has 2 aromatic heterocycles. The summed E-state index contributed by atoms with van der Waals surface area (Å²) in [5, 5.41) is 14.1. The smallest absolute Gasteiger partial charge is 0.416 e. The molecule has 0 spiro atoms. The molecule has 0 bridgehead atoms. The lowest BCUT2D eigenvalue weighted by molar-refractivity contribution is -0.199. The van der Waals surface area contributed by atoms with Crippen LogP contribution in [0.25, 0.3) is 11.6 Å². The van der Waals surface area contributed by atoms with Crippen molar-refractivity contribution in [1.82, 2.24) is 14.8 Å². The number of allylic oxidation sites excluding steroid dienone is 3. The van der Waals surface area contributed by atoms with E-state index in [2.05, 4.69) is 15.1 Å². The minimum Gasteiger partial charge on any atom is -0.497 e. The van der Waals surface area contributed by atoms with Crippen LogP contribution < -0.4 is 14.4 Å². The molecular formula is C25H24F3N5O3. The number of halogens is 3. The van der Waals surface area contributed by atoms with E-state index in [4.69, 9.17) is 9.47 Å². The molecule has 4 rings (SSSR count). The fraction of sp³-hybridized carbons (Fsp3) is 0.240. The molecule has 0 aliphatic carbocycles. The van der Waals surface area contributed by atoms with E-state index in [1.54, 1.807) is 59.6 Å². The van der Waals surface area contributed by atoms with E-state index < -0.39 is 18.8 Å². The van der Waals surface area contributed by atoms with Crippen molar-refractivity contribution in [3.63, 3.8) is 0 Å². The minimum atomic E-state index is -4.82. The Balaban J connectivity index is 1.74. The molecule has 1 aliphatic heterocycles. The zero-order chi connectivity index (χ0) is 25.9. The standard InChI is InChI=1S/C25H24F3N5O3/c1-32-14-17(13-30-32)16-5-4-6-22-21(29-12-16)7-8-24(31-22)33(15-23(34)25(26,27)28)18-9-19(35-2)11-20(10-18)36-3/h4-14,23,34H,15H2,1-3H3. The third-order valence-corrected chi connectivity index (χ3v) is 5.46. The second-order valence-electron chi connectivity index (χ2n) is 7.95. The summed E-state index contributed by atoms with van der Waals surface area (Å²) < 4.78 is 52.1. The molecule has 0 fully saturated rings. The maximum Gasteiger partial charge on any atom is 0.416 e. The molecule has 11 heteroatoms. The summed E-state index contributed by atoms with van der Waals surface area (Å²) in [7, 11) is 4.69. The van der Waals surface area contributed by atoms with Gasteiger partial charge < -0.3 is 19.5 Å². The van der Waals surface area contributed by atoms with Gasteiger partial charge in [-0.1, -0.05) is 12.2 Å². The fourth-order valence-electron chi connectivity index (χ4n) is 3.56. The summed E-state index contributed by atoms with van der Waals surface area (Å²) in [4.78, 5) is 10.3. The number of hydrogen-bond donors (Lipinski definition) is 1. The van der Waals surface area contributed by atoms with Crippen LogP contribution in [0.3, 0.4) is 0 Å². The predicted molar refractivity (Wildman–Crippen MR) is 131 cm³/mol. The number of hydrogen-bond acceptors (Lipinski definition) is 7. The van der Waals surface area contributed by atoms with Crippen LogP contribution in [0.4, 0.5) is 30.4 Å². The highest BCUT2D eigenvalue weighted by molar-refractivity contribution is 6.11. The molecule has 0 saturated heterocycles. The minimum absolute atomic E-state index is 0.184. The van der Waals surface area contributed by atoms with Crippen LogP contribution in [-0.4, -0.2) is 59.1 Å². The van der Waals surface area contributed by atoms with Crippen molar-refractivity contribution in [2.45, 2.75) is 12.3 Å². The van der Waals surface area contributed by atoms with Crippen molar-refractivity contribution in [3.8, 4) is 11.5 Å². The molecule has 1 unspecified atom stereocenters. The highest BCUT2D eigenvalue weighted by Crippen LogP contribution is 2.35. The summed E-state index contributed by atoms with van der Waals surface area (Å²) in [5.74, 6) is 0.934. The maximum absolute atomic E-state index is 13.3. The number of aromatic nitrogens is 3. The molecule has 1 atom stereocenters. The van der Waals surface area contributed by atoms with Crippen molar-refractivity contribution in [2.24, 2.45) is 12.0 Å². The molecule has 188 valence electrons. The molecule has 0 radical (unpaired) electrons.